The molecule has 0 aromatic heterocycles. The Labute approximate surface area is 178 Å². The summed E-state index contributed by atoms with van der Waals surface area (Å²) >= 11 is 5.13. The molecule has 0 radical (unpaired) electrons. The molecule has 1 saturated heterocycles. The second-order valence-corrected chi connectivity index (χ2v) is 8.55. The fraction of sp³-hybridized carbons (Fsp3) is 0.333. The topological polar surface area (TPSA) is 58.6 Å². The summed E-state index contributed by atoms with van der Waals surface area (Å²) in [5, 5.41) is 2.89. The van der Waals surface area contributed by atoms with Gasteiger partial charge in [0, 0.05) is 28.8 Å². The Morgan fingerprint density at radius 2 is 1.89 bits per heavy atom. The third-order valence-electron chi connectivity index (χ3n) is 4.87. The van der Waals surface area contributed by atoms with Crippen molar-refractivity contribution >= 4 is 50.9 Å². The molecule has 7 heteroatoms. The first-order chi connectivity index (χ1) is 13.5. The Morgan fingerprint density at radius 1 is 1.21 bits per heavy atom. The van der Waals surface area contributed by atoms with Gasteiger partial charge >= 0.3 is 0 Å². The number of carbonyl (C=O) groups excluding carboxylic acids is 2. The Morgan fingerprint density at radius 3 is 2.50 bits per heavy atom. The van der Waals surface area contributed by atoms with E-state index < -0.39 is 0 Å². The van der Waals surface area contributed by atoms with E-state index in [-0.39, 0.29) is 30.1 Å². The van der Waals surface area contributed by atoms with Crippen LogP contribution in [0, 0.1) is 11.8 Å². The Bertz CT molecular complexity index is 827. The largest absolute Gasteiger partial charge is 0.497 e. The summed E-state index contributed by atoms with van der Waals surface area (Å²) in [6.07, 6.45) is 2.21. The molecule has 1 aliphatic rings. The van der Waals surface area contributed by atoms with Gasteiger partial charge in [-0.05, 0) is 66.5 Å². The molecule has 1 heterocycles. The van der Waals surface area contributed by atoms with E-state index in [0.717, 1.165) is 21.7 Å². The molecule has 0 saturated carbocycles. The number of hydrogen-bond acceptors (Lipinski definition) is 4. The van der Waals surface area contributed by atoms with Crippen LogP contribution in [0.25, 0.3) is 0 Å². The van der Waals surface area contributed by atoms with Crippen molar-refractivity contribution in [1.29, 1.82) is 0 Å². The highest BCUT2D eigenvalue weighted by atomic mass is 79.9. The number of halogens is 1. The van der Waals surface area contributed by atoms with Crippen LogP contribution in [0.2, 0.25) is 0 Å². The van der Waals surface area contributed by atoms with E-state index in [9.17, 15) is 9.59 Å². The first kappa shape index (κ1) is 20.7. The maximum absolute atomic E-state index is 13.1. The lowest BCUT2D eigenvalue weighted by Gasteiger charge is -2.17. The molecule has 5 nitrogen and oxygen atoms in total. The lowest BCUT2D eigenvalue weighted by atomic mass is 9.93. The number of ether oxygens (including phenoxy) is 1. The van der Waals surface area contributed by atoms with E-state index >= 15 is 0 Å². The number of benzene rings is 2. The van der Waals surface area contributed by atoms with Gasteiger partial charge in [0.1, 0.15) is 5.75 Å². The molecule has 1 N–H and O–H groups in total. The molecule has 2 unspecified atom stereocenters. The van der Waals surface area contributed by atoms with Crippen LogP contribution in [0.4, 0.5) is 11.4 Å². The molecule has 0 aliphatic carbocycles. The maximum atomic E-state index is 13.1. The van der Waals surface area contributed by atoms with Crippen molar-refractivity contribution in [3.05, 3.63) is 53.0 Å². The molecule has 2 atom stereocenters. The average Bonchev–Trinajstić information content (AvgIpc) is 2.99. The number of anilines is 2. The van der Waals surface area contributed by atoms with Crippen LogP contribution in [-0.2, 0) is 9.59 Å². The van der Waals surface area contributed by atoms with Crippen molar-refractivity contribution in [2.45, 2.75) is 6.42 Å². The van der Waals surface area contributed by atoms with E-state index in [2.05, 4.69) is 21.2 Å². The van der Waals surface area contributed by atoms with Gasteiger partial charge in [0.2, 0.25) is 11.8 Å². The summed E-state index contributed by atoms with van der Waals surface area (Å²) in [6, 6.07) is 14.9. The van der Waals surface area contributed by atoms with E-state index in [0.29, 0.717) is 12.2 Å². The number of rotatable bonds is 7. The molecule has 0 spiro atoms. The molecule has 1 fully saturated rings. The predicted molar refractivity (Wildman–Crippen MR) is 118 cm³/mol. The highest BCUT2D eigenvalue weighted by Gasteiger charge is 2.41. The summed E-state index contributed by atoms with van der Waals surface area (Å²) in [5.74, 6) is 1.29. The molecular formula is C21H23BrN2O3S. The second-order valence-electron chi connectivity index (χ2n) is 6.73. The van der Waals surface area contributed by atoms with Crippen LogP contribution in [0.15, 0.2) is 53.0 Å². The van der Waals surface area contributed by atoms with Crippen molar-refractivity contribution in [3.63, 3.8) is 0 Å². The van der Waals surface area contributed by atoms with Gasteiger partial charge in [-0.25, -0.2) is 0 Å². The second kappa shape index (κ2) is 9.47. The third kappa shape index (κ3) is 4.89. The van der Waals surface area contributed by atoms with E-state index in [4.69, 9.17) is 4.74 Å². The summed E-state index contributed by atoms with van der Waals surface area (Å²) in [6.45, 7) is 0.641. The highest BCUT2D eigenvalue weighted by molar-refractivity contribution is 9.10. The molecule has 148 valence electrons. The zero-order valence-electron chi connectivity index (χ0n) is 15.9. The number of nitrogens with zero attached hydrogens (tertiary/aromatic N) is 1. The minimum absolute atomic E-state index is 0.0197. The van der Waals surface area contributed by atoms with Crippen molar-refractivity contribution in [3.8, 4) is 5.75 Å². The number of thioether (sulfide) groups is 1. The van der Waals surface area contributed by atoms with Crippen LogP contribution >= 0.6 is 27.7 Å². The fourth-order valence-electron chi connectivity index (χ4n) is 3.43. The summed E-state index contributed by atoms with van der Waals surface area (Å²) < 4.78 is 6.10. The monoisotopic (exact) mass is 462 g/mol. The first-order valence-electron chi connectivity index (χ1n) is 9.01. The van der Waals surface area contributed by atoms with Gasteiger partial charge in [0.25, 0.3) is 0 Å². The molecule has 2 amide bonds. The highest BCUT2D eigenvalue weighted by Crippen LogP contribution is 2.34. The zero-order chi connectivity index (χ0) is 20.1. The SMILES string of the molecule is COc1ccc(NC(=O)CC2C(=O)N(c3ccc(Br)cc3)CC2CSC)cc1. The normalized spacial score (nSPS) is 19.0. The summed E-state index contributed by atoms with van der Waals surface area (Å²) in [5.41, 5.74) is 1.57. The molecule has 2 aromatic carbocycles. The van der Waals surface area contributed by atoms with Gasteiger partial charge in [-0.3, -0.25) is 9.59 Å². The van der Waals surface area contributed by atoms with Gasteiger partial charge in [0.05, 0.1) is 13.0 Å². The Hall–Kier alpha value is -1.99. The molecule has 1 aliphatic heterocycles. The van der Waals surface area contributed by atoms with Crippen LogP contribution in [0.3, 0.4) is 0 Å². The molecular weight excluding hydrogens is 440 g/mol. The number of hydrogen-bond donors (Lipinski definition) is 1. The molecule has 3 rings (SSSR count). The quantitative estimate of drug-likeness (QED) is 0.660. The van der Waals surface area contributed by atoms with Crippen molar-refractivity contribution in [2.24, 2.45) is 11.8 Å². The van der Waals surface area contributed by atoms with Crippen molar-refractivity contribution in [2.75, 3.05) is 35.9 Å². The first-order valence-corrected chi connectivity index (χ1v) is 11.2. The predicted octanol–water partition coefficient (Wildman–Crippen LogP) is 4.43. The van der Waals surface area contributed by atoms with E-state index in [1.165, 1.54) is 0 Å². The summed E-state index contributed by atoms with van der Waals surface area (Å²) in [7, 11) is 1.60. The molecule has 2 aromatic rings. The van der Waals surface area contributed by atoms with Crippen molar-refractivity contribution in [1.82, 2.24) is 0 Å². The fourth-order valence-corrected chi connectivity index (χ4v) is 4.46. The van der Waals surface area contributed by atoms with Gasteiger partial charge in [-0.15, -0.1) is 0 Å². The lowest BCUT2D eigenvalue weighted by Crippen LogP contribution is -2.29. The maximum Gasteiger partial charge on any atom is 0.231 e. The minimum Gasteiger partial charge on any atom is -0.497 e. The van der Waals surface area contributed by atoms with E-state index in [1.807, 2.05) is 30.5 Å². The number of carbonyl (C=O) groups is 2. The number of nitrogens with one attached hydrogen (secondary N) is 1. The number of methoxy groups -OCH3 is 1. The molecule has 0 bridgehead atoms. The molecule has 28 heavy (non-hydrogen) atoms. The Balaban J connectivity index is 1.69. The minimum atomic E-state index is -0.311. The van der Waals surface area contributed by atoms with Gasteiger partial charge < -0.3 is 15.0 Å². The van der Waals surface area contributed by atoms with Crippen LogP contribution in [0.5, 0.6) is 5.75 Å². The third-order valence-corrected chi connectivity index (χ3v) is 6.16. The van der Waals surface area contributed by atoms with Crippen LogP contribution in [0.1, 0.15) is 6.42 Å². The van der Waals surface area contributed by atoms with Gasteiger partial charge in [-0.2, -0.15) is 11.8 Å². The van der Waals surface area contributed by atoms with Gasteiger partial charge in [-0.1, -0.05) is 15.9 Å². The summed E-state index contributed by atoms with van der Waals surface area (Å²) in [4.78, 5) is 27.4. The van der Waals surface area contributed by atoms with Crippen LogP contribution < -0.4 is 15.0 Å². The Kier molecular flexibility index (Phi) is 7.02. The zero-order valence-corrected chi connectivity index (χ0v) is 18.3. The number of amides is 2. The standard InChI is InChI=1S/C21H23BrN2O3S/c1-27-18-9-5-16(6-10-18)23-20(25)11-19-14(13-28-2)12-24(21(19)26)17-7-3-15(22)4-8-17/h3-10,14,19H,11-13H2,1-2H3,(H,23,25). The van der Waals surface area contributed by atoms with Gasteiger partial charge in [0.15, 0.2) is 0 Å². The smallest absolute Gasteiger partial charge is 0.231 e. The lowest BCUT2D eigenvalue weighted by molar-refractivity contribution is -0.125. The average molecular weight is 463 g/mol. The van der Waals surface area contributed by atoms with E-state index in [1.54, 1.807) is 48.0 Å². The van der Waals surface area contributed by atoms with Crippen LogP contribution in [-0.4, -0.2) is 37.5 Å². The van der Waals surface area contributed by atoms with Crippen molar-refractivity contribution < 1.29 is 14.3 Å².